The first kappa shape index (κ1) is 15.1. The maximum atomic E-state index is 10.4. The smallest absolute Gasteiger partial charge is 0.0583 e. The Morgan fingerprint density at radius 3 is 2.71 bits per heavy atom. The minimum atomic E-state index is -0.0667. The second-order valence-corrected chi connectivity index (χ2v) is 7.13. The number of hydrogen-bond donors (Lipinski definition) is 1. The lowest BCUT2D eigenvalue weighted by molar-refractivity contribution is 0.0201. The van der Waals surface area contributed by atoms with E-state index < -0.39 is 0 Å². The minimum Gasteiger partial charge on any atom is -0.393 e. The molecule has 1 heterocycles. The van der Waals surface area contributed by atoms with Crippen LogP contribution in [0.1, 0.15) is 55.2 Å². The SMILES string of the molecule is Cc1ccc(C)c(CN2CCCC2C2CCCCC2O)c1. The van der Waals surface area contributed by atoms with Crippen molar-refractivity contribution in [3.05, 3.63) is 34.9 Å². The molecule has 0 radical (unpaired) electrons. The Kier molecular flexibility index (Phi) is 4.66. The predicted octanol–water partition coefficient (Wildman–Crippen LogP) is 3.82. The lowest BCUT2D eigenvalue weighted by Crippen LogP contribution is -2.42. The van der Waals surface area contributed by atoms with E-state index in [1.807, 2.05) is 0 Å². The van der Waals surface area contributed by atoms with Gasteiger partial charge in [-0.1, -0.05) is 36.6 Å². The maximum Gasteiger partial charge on any atom is 0.0583 e. The van der Waals surface area contributed by atoms with Gasteiger partial charge in [0.1, 0.15) is 0 Å². The first-order valence-electron chi connectivity index (χ1n) is 8.63. The summed E-state index contributed by atoms with van der Waals surface area (Å²) in [5.74, 6) is 0.506. The molecule has 116 valence electrons. The van der Waals surface area contributed by atoms with Crippen LogP contribution in [0.3, 0.4) is 0 Å². The van der Waals surface area contributed by atoms with E-state index in [1.54, 1.807) is 0 Å². The number of likely N-dealkylation sites (tertiary alicyclic amines) is 1. The highest BCUT2D eigenvalue weighted by molar-refractivity contribution is 5.30. The highest BCUT2D eigenvalue weighted by atomic mass is 16.3. The van der Waals surface area contributed by atoms with Crippen molar-refractivity contribution in [3.8, 4) is 0 Å². The number of rotatable bonds is 3. The molecule has 3 rings (SSSR count). The van der Waals surface area contributed by atoms with Crippen LogP contribution in [0.15, 0.2) is 18.2 Å². The van der Waals surface area contributed by atoms with E-state index in [1.165, 1.54) is 55.3 Å². The molecule has 1 aliphatic heterocycles. The number of nitrogens with zero attached hydrogens (tertiary/aromatic N) is 1. The third-order valence-corrected chi connectivity index (χ3v) is 5.57. The van der Waals surface area contributed by atoms with E-state index in [2.05, 4.69) is 36.9 Å². The lowest BCUT2D eigenvalue weighted by atomic mass is 9.80. The number of aliphatic hydroxyl groups excluding tert-OH is 1. The molecule has 0 bridgehead atoms. The van der Waals surface area contributed by atoms with Crippen LogP contribution < -0.4 is 0 Å². The van der Waals surface area contributed by atoms with Crippen LogP contribution in [-0.2, 0) is 6.54 Å². The second-order valence-electron chi connectivity index (χ2n) is 7.13. The molecule has 1 aromatic rings. The molecule has 3 unspecified atom stereocenters. The van der Waals surface area contributed by atoms with Crippen LogP contribution in [0.2, 0.25) is 0 Å². The Balaban J connectivity index is 1.73. The van der Waals surface area contributed by atoms with Gasteiger partial charge in [0.15, 0.2) is 0 Å². The Bertz CT molecular complexity index is 484. The molecular weight excluding hydrogens is 258 g/mol. The monoisotopic (exact) mass is 287 g/mol. The van der Waals surface area contributed by atoms with Crippen molar-refractivity contribution in [2.45, 2.75) is 71.1 Å². The van der Waals surface area contributed by atoms with E-state index in [4.69, 9.17) is 0 Å². The van der Waals surface area contributed by atoms with Gasteiger partial charge < -0.3 is 5.11 Å². The summed E-state index contributed by atoms with van der Waals surface area (Å²) < 4.78 is 0. The molecule has 0 spiro atoms. The van der Waals surface area contributed by atoms with Crippen molar-refractivity contribution in [1.29, 1.82) is 0 Å². The van der Waals surface area contributed by atoms with Gasteiger partial charge >= 0.3 is 0 Å². The number of aliphatic hydroxyl groups is 1. The van der Waals surface area contributed by atoms with Gasteiger partial charge in [-0.3, -0.25) is 4.90 Å². The van der Waals surface area contributed by atoms with Crippen LogP contribution in [0.4, 0.5) is 0 Å². The van der Waals surface area contributed by atoms with Gasteiger partial charge in [0, 0.05) is 18.5 Å². The zero-order valence-electron chi connectivity index (χ0n) is 13.5. The molecule has 1 aromatic carbocycles. The molecule has 1 N–H and O–H groups in total. The molecule has 21 heavy (non-hydrogen) atoms. The Morgan fingerprint density at radius 2 is 1.90 bits per heavy atom. The summed E-state index contributed by atoms with van der Waals surface area (Å²) >= 11 is 0. The molecule has 2 heteroatoms. The van der Waals surface area contributed by atoms with Gasteiger partial charge in [-0.15, -0.1) is 0 Å². The van der Waals surface area contributed by atoms with E-state index in [9.17, 15) is 5.11 Å². The van der Waals surface area contributed by atoms with E-state index in [0.717, 1.165) is 13.0 Å². The van der Waals surface area contributed by atoms with Crippen LogP contribution in [0.5, 0.6) is 0 Å². The fourth-order valence-corrected chi connectivity index (χ4v) is 4.31. The van der Waals surface area contributed by atoms with Crippen LogP contribution in [0.25, 0.3) is 0 Å². The van der Waals surface area contributed by atoms with Crippen molar-refractivity contribution in [3.63, 3.8) is 0 Å². The molecule has 1 saturated carbocycles. The summed E-state index contributed by atoms with van der Waals surface area (Å²) in [5.41, 5.74) is 4.21. The molecule has 1 saturated heterocycles. The molecular formula is C19H29NO. The third-order valence-electron chi connectivity index (χ3n) is 5.57. The normalized spacial score (nSPS) is 30.7. The van der Waals surface area contributed by atoms with Crippen LogP contribution in [0, 0.1) is 19.8 Å². The average molecular weight is 287 g/mol. The van der Waals surface area contributed by atoms with Crippen molar-refractivity contribution in [2.24, 2.45) is 5.92 Å². The summed E-state index contributed by atoms with van der Waals surface area (Å²) in [6, 6.07) is 7.37. The fraction of sp³-hybridized carbons (Fsp3) is 0.684. The van der Waals surface area contributed by atoms with Crippen molar-refractivity contribution < 1.29 is 5.11 Å². The summed E-state index contributed by atoms with van der Waals surface area (Å²) in [4.78, 5) is 2.64. The quantitative estimate of drug-likeness (QED) is 0.913. The zero-order valence-corrected chi connectivity index (χ0v) is 13.5. The Hall–Kier alpha value is -0.860. The topological polar surface area (TPSA) is 23.5 Å². The zero-order chi connectivity index (χ0) is 14.8. The standard InChI is InChI=1S/C19H29NO/c1-14-9-10-15(2)16(12-14)13-20-11-5-7-18(20)17-6-3-4-8-19(17)21/h9-10,12,17-19,21H,3-8,11,13H2,1-2H3. The van der Waals surface area contributed by atoms with Crippen molar-refractivity contribution in [1.82, 2.24) is 4.90 Å². The summed E-state index contributed by atoms with van der Waals surface area (Å²) in [6.07, 6.45) is 7.23. The van der Waals surface area contributed by atoms with E-state index in [-0.39, 0.29) is 6.10 Å². The Morgan fingerprint density at radius 1 is 1.10 bits per heavy atom. The van der Waals surface area contributed by atoms with Gasteiger partial charge in [-0.25, -0.2) is 0 Å². The van der Waals surface area contributed by atoms with Gasteiger partial charge in [-0.2, -0.15) is 0 Å². The van der Waals surface area contributed by atoms with Gasteiger partial charge in [0.25, 0.3) is 0 Å². The molecule has 2 aliphatic rings. The van der Waals surface area contributed by atoms with Crippen molar-refractivity contribution in [2.75, 3.05) is 6.54 Å². The number of hydrogen-bond acceptors (Lipinski definition) is 2. The third kappa shape index (κ3) is 3.32. The van der Waals surface area contributed by atoms with E-state index >= 15 is 0 Å². The second kappa shape index (κ2) is 6.50. The summed E-state index contributed by atoms with van der Waals surface area (Å²) in [7, 11) is 0. The summed E-state index contributed by atoms with van der Waals surface area (Å²) in [6.45, 7) is 6.65. The van der Waals surface area contributed by atoms with Gasteiger partial charge in [-0.05, 0) is 57.2 Å². The molecule has 2 nitrogen and oxygen atoms in total. The highest BCUT2D eigenvalue weighted by Crippen LogP contribution is 2.35. The average Bonchev–Trinajstić information content (AvgIpc) is 2.91. The molecule has 0 aromatic heterocycles. The molecule has 1 aliphatic carbocycles. The predicted molar refractivity (Wildman–Crippen MR) is 87.3 cm³/mol. The molecule has 3 atom stereocenters. The minimum absolute atomic E-state index is 0.0667. The number of aryl methyl sites for hydroxylation is 2. The number of benzene rings is 1. The lowest BCUT2D eigenvalue weighted by Gasteiger charge is -2.37. The fourth-order valence-electron chi connectivity index (χ4n) is 4.31. The highest BCUT2D eigenvalue weighted by Gasteiger charge is 2.36. The Labute approximate surface area is 129 Å². The van der Waals surface area contributed by atoms with Gasteiger partial charge in [0.05, 0.1) is 6.10 Å². The first-order valence-corrected chi connectivity index (χ1v) is 8.63. The van der Waals surface area contributed by atoms with Gasteiger partial charge in [0.2, 0.25) is 0 Å². The van der Waals surface area contributed by atoms with Crippen molar-refractivity contribution >= 4 is 0 Å². The van der Waals surface area contributed by atoms with E-state index in [0.29, 0.717) is 12.0 Å². The first-order chi connectivity index (χ1) is 10.1. The van der Waals surface area contributed by atoms with Crippen LogP contribution >= 0.6 is 0 Å². The van der Waals surface area contributed by atoms with Crippen LogP contribution in [-0.4, -0.2) is 28.7 Å². The molecule has 2 fully saturated rings. The maximum absolute atomic E-state index is 10.4. The summed E-state index contributed by atoms with van der Waals surface area (Å²) in [5, 5.41) is 10.4. The largest absolute Gasteiger partial charge is 0.393 e. The molecule has 0 amide bonds.